The number of carbonyl (C=O) groups is 1. The normalized spacial score (nSPS) is 10.5. The zero-order valence-electron chi connectivity index (χ0n) is 11.4. The Bertz CT molecular complexity index is 682. The summed E-state index contributed by atoms with van der Waals surface area (Å²) in [5, 5.41) is 6.79. The summed E-state index contributed by atoms with van der Waals surface area (Å²) < 4.78 is 0. The number of nitrogens with one attached hydrogen (secondary N) is 2. The lowest BCUT2D eigenvalue weighted by Gasteiger charge is -2.05. The van der Waals surface area contributed by atoms with Gasteiger partial charge in [0.2, 0.25) is 5.16 Å². The Morgan fingerprint density at radius 2 is 2.20 bits per heavy atom. The first-order valence-corrected chi connectivity index (χ1v) is 7.21. The van der Waals surface area contributed by atoms with E-state index in [0.717, 1.165) is 11.1 Å². The molecule has 0 amide bonds. The molecule has 0 unspecified atom stereocenters. The SMILES string of the molecule is Cc1ccc(CC(=O)CSc2n[nH+]cc(=O)[nH]2)c(C)c1. The van der Waals surface area contributed by atoms with Crippen LogP contribution in [-0.4, -0.2) is 21.6 Å². The van der Waals surface area contributed by atoms with Crippen LogP contribution >= 0.6 is 11.8 Å². The summed E-state index contributed by atoms with van der Waals surface area (Å²) >= 11 is 1.22. The van der Waals surface area contributed by atoms with Gasteiger partial charge in [0.25, 0.3) is 6.20 Å². The van der Waals surface area contributed by atoms with E-state index in [0.29, 0.717) is 11.6 Å². The maximum Gasteiger partial charge on any atom is 0.316 e. The Kier molecular flexibility index (Phi) is 4.68. The largest absolute Gasteiger partial charge is 0.316 e. The predicted octanol–water partition coefficient (Wildman–Crippen LogP) is 1.10. The molecule has 1 heterocycles. The van der Waals surface area contributed by atoms with Crippen LogP contribution in [0.15, 0.2) is 34.3 Å². The molecule has 1 aromatic heterocycles. The van der Waals surface area contributed by atoms with Gasteiger partial charge in [0.15, 0.2) is 0 Å². The van der Waals surface area contributed by atoms with E-state index in [1.165, 1.54) is 23.5 Å². The summed E-state index contributed by atoms with van der Waals surface area (Å²) in [7, 11) is 0. The molecule has 0 saturated heterocycles. The average Bonchev–Trinajstić information content (AvgIpc) is 2.40. The molecule has 0 atom stereocenters. The fraction of sp³-hybridized carbons (Fsp3) is 0.286. The second-order valence-electron chi connectivity index (χ2n) is 4.61. The van der Waals surface area contributed by atoms with Crippen molar-refractivity contribution in [1.29, 1.82) is 0 Å². The number of nitrogens with zero attached hydrogens (tertiary/aromatic N) is 1. The van der Waals surface area contributed by atoms with Gasteiger partial charge in [0.05, 0.1) is 5.75 Å². The van der Waals surface area contributed by atoms with Crippen LogP contribution in [0, 0.1) is 13.8 Å². The van der Waals surface area contributed by atoms with Crippen LogP contribution in [-0.2, 0) is 11.2 Å². The number of rotatable bonds is 5. The third-order valence-electron chi connectivity index (χ3n) is 2.85. The molecular weight excluding hydrogens is 274 g/mol. The quantitative estimate of drug-likeness (QED) is 0.837. The van der Waals surface area contributed by atoms with Crippen molar-refractivity contribution in [2.75, 3.05) is 5.75 Å². The van der Waals surface area contributed by atoms with Gasteiger partial charge < -0.3 is 0 Å². The van der Waals surface area contributed by atoms with E-state index in [4.69, 9.17) is 0 Å². The minimum Gasteiger partial charge on any atom is -0.298 e. The Morgan fingerprint density at radius 1 is 1.40 bits per heavy atom. The van der Waals surface area contributed by atoms with Crippen molar-refractivity contribution in [2.45, 2.75) is 25.4 Å². The molecule has 2 N–H and O–H groups in total. The van der Waals surface area contributed by atoms with Crippen LogP contribution in [0.1, 0.15) is 16.7 Å². The number of aryl methyl sites for hydroxylation is 2. The average molecular weight is 290 g/mol. The van der Waals surface area contributed by atoms with E-state index in [1.54, 1.807) is 0 Å². The molecule has 0 aliphatic carbocycles. The van der Waals surface area contributed by atoms with Gasteiger partial charge in [-0.3, -0.25) is 14.6 Å². The summed E-state index contributed by atoms with van der Waals surface area (Å²) in [6.45, 7) is 4.04. The molecular formula is C14H16N3O2S+. The summed E-state index contributed by atoms with van der Waals surface area (Å²) in [4.78, 5) is 25.6. The molecule has 2 rings (SSSR count). The number of thioether (sulfide) groups is 1. The Labute approximate surface area is 120 Å². The Morgan fingerprint density at radius 3 is 2.90 bits per heavy atom. The number of carbonyl (C=O) groups excluding carboxylic acids is 1. The number of ketones is 1. The molecule has 104 valence electrons. The van der Waals surface area contributed by atoms with E-state index in [1.807, 2.05) is 26.0 Å². The third-order valence-corrected chi connectivity index (χ3v) is 3.78. The summed E-state index contributed by atoms with van der Waals surface area (Å²) in [5.74, 6) is 0.391. The molecule has 0 aliphatic heterocycles. The van der Waals surface area contributed by atoms with E-state index in [9.17, 15) is 9.59 Å². The first-order valence-electron chi connectivity index (χ1n) is 6.22. The number of Topliss-reactive ketones (excluding diaryl/α,β-unsaturated/α-hetero) is 1. The Hall–Kier alpha value is -1.95. The minimum atomic E-state index is -0.260. The molecule has 0 spiro atoms. The third kappa shape index (κ3) is 4.03. The standard InChI is InChI=1S/C14H15N3O2S/c1-9-3-4-11(10(2)5-9)6-12(18)8-20-14-16-13(19)7-15-17-14/h3-5,7H,6,8H2,1-2H3,(H,16,17,19)/p+1. The molecule has 2 aromatic rings. The molecule has 0 radical (unpaired) electrons. The highest BCUT2D eigenvalue weighted by Gasteiger charge is 2.09. The lowest BCUT2D eigenvalue weighted by atomic mass is 10.0. The van der Waals surface area contributed by atoms with Crippen LogP contribution in [0.2, 0.25) is 0 Å². The monoisotopic (exact) mass is 290 g/mol. The van der Waals surface area contributed by atoms with Crippen molar-refractivity contribution in [3.8, 4) is 0 Å². The van der Waals surface area contributed by atoms with Gasteiger partial charge in [0, 0.05) is 11.5 Å². The van der Waals surface area contributed by atoms with Crippen LogP contribution < -0.4 is 10.7 Å². The maximum absolute atomic E-state index is 12.0. The zero-order valence-corrected chi connectivity index (χ0v) is 12.2. The van der Waals surface area contributed by atoms with Gasteiger partial charge in [0.1, 0.15) is 5.78 Å². The number of H-pyrrole nitrogens is 2. The van der Waals surface area contributed by atoms with Crippen molar-refractivity contribution >= 4 is 17.5 Å². The second-order valence-corrected chi connectivity index (χ2v) is 5.58. The zero-order chi connectivity index (χ0) is 14.5. The van der Waals surface area contributed by atoms with Gasteiger partial charge in [-0.15, -0.1) is 0 Å². The predicted molar refractivity (Wildman–Crippen MR) is 76.8 cm³/mol. The van der Waals surface area contributed by atoms with E-state index in [-0.39, 0.29) is 17.1 Å². The van der Waals surface area contributed by atoms with E-state index < -0.39 is 0 Å². The molecule has 0 aliphatic rings. The van der Waals surface area contributed by atoms with Crippen LogP contribution in [0.25, 0.3) is 0 Å². The van der Waals surface area contributed by atoms with Gasteiger partial charge in [-0.1, -0.05) is 40.6 Å². The highest BCUT2D eigenvalue weighted by Crippen LogP contribution is 2.14. The molecule has 5 nitrogen and oxygen atoms in total. The number of hydrogen-bond donors (Lipinski definition) is 1. The molecule has 0 fully saturated rings. The first kappa shape index (κ1) is 14.5. The number of aromatic nitrogens is 3. The second kappa shape index (κ2) is 6.47. The lowest BCUT2D eigenvalue weighted by molar-refractivity contribution is -0.463. The molecule has 0 bridgehead atoms. The maximum atomic E-state index is 12.0. The van der Waals surface area contributed by atoms with Crippen LogP contribution in [0.5, 0.6) is 0 Å². The lowest BCUT2D eigenvalue weighted by Crippen LogP contribution is -2.21. The molecule has 20 heavy (non-hydrogen) atoms. The molecule has 1 aromatic carbocycles. The highest BCUT2D eigenvalue weighted by molar-refractivity contribution is 7.99. The number of aromatic amines is 2. The van der Waals surface area contributed by atoms with Gasteiger partial charge in [-0.25, -0.2) is 0 Å². The van der Waals surface area contributed by atoms with Gasteiger partial charge in [-0.2, -0.15) is 0 Å². The fourth-order valence-electron chi connectivity index (χ4n) is 1.84. The number of hydrogen-bond acceptors (Lipinski definition) is 4. The van der Waals surface area contributed by atoms with Gasteiger partial charge >= 0.3 is 5.56 Å². The summed E-state index contributed by atoms with van der Waals surface area (Å²) in [6, 6.07) is 6.07. The summed E-state index contributed by atoms with van der Waals surface area (Å²) in [6.07, 6.45) is 1.63. The van der Waals surface area contributed by atoms with Crippen molar-refractivity contribution in [2.24, 2.45) is 0 Å². The van der Waals surface area contributed by atoms with Crippen molar-refractivity contribution in [3.05, 3.63) is 51.4 Å². The summed E-state index contributed by atoms with van der Waals surface area (Å²) in [5.41, 5.74) is 3.10. The fourth-order valence-corrected chi connectivity index (χ4v) is 2.53. The molecule has 6 heteroatoms. The first-order chi connectivity index (χ1) is 9.54. The van der Waals surface area contributed by atoms with Crippen molar-refractivity contribution in [1.82, 2.24) is 10.1 Å². The Balaban J connectivity index is 1.94. The van der Waals surface area contributed by atoms with Crippen molar-refractivity contribution in [3.63, 3.8) is 0 Å². The minimum absolute atomic E-state index is 0.105. The van der Waals surface area contributed by atoms with Crippen LogP contribution in [0.3, 0.4) is 0 Å². The van der Waals surface area contributed by atoms with E-state index >= 15 is 0 Å². The molecule has 0 saturated carbocycles. The van der Waals surface area contributed by atoms with Crippen LogP contribution in [0.4, 0.5) is 0 Å². The number of benzene rings is 1. The highest BCUT2D eigenvalue weighted by atomic mass is 32.2. The topological polar surface area (TPSA) is 77.0 Å². The smallest absolute Gasteiger partial charge is 0.298 e. The van der Waals surface area contributed by atoms with Crippen molar-refractivity contribution < 1.29 is 9.89 Å². The van der Waals surface area contributed by atoms with Gasteiger partial charge in [-0.05, 0) is 25.0 Å². The van der Waals surface area contributed by atoms with E-state index in [2.05, 4.69) is 21.2 Å².